The van der Waals surface area contributed by atoms with E-state index in [1.807, 2.05) is 31.2 Å². The Balaban J connectivity index is 1.64. The molecule has 0 aliphatic carbocycles. The molecular formula is C25H26F5N5O2S. The zero-order valence-corrected chi connectivity index (χ0v) is 21.9. The van der Waals surface area contributed by atoms with Crippen LogP contribution >= 0.6 is 11.3 Å². The van der Waals surface area contributed by atoms with Crippen LogP contribution < -0.4 is 10.1 Å². The van der Waals surface area contributed by atoms with Crippen molar-refractivity contribution in [3.63, 3.8) is 0 Å². The summed E-state index contributed by atoms with van der Waals surface area (Å²) < 4.78 is 73.6. The van der Waals surface area contributed by atoms with Crippen molar-refractivity contribution in [2.24, 2.45) is 5.92 Å². The van der Waals surface area contributed by atoms with Crippen LogP contribution in [0.25, 0.3) is 10.4 Å². The van der Waals surface area contributed by atoms with Crippen molar-refractivity contribution in [1.29, 1.82) is 0 Å². The topological polar surface area (TPSA) is 80.2 Å². The maximum atomic E-state index is 14.7. The fraction of sp³-hybridized carbons (Fsp3) is 0.440. The highest BCUT2D eigenvalue weighted by Gasteiger charge is 2.47. The minimum atomic E-state index is -4.71. The lowest BCUT2D eigenvalue weighted by Crippen LogP contribution is -2.57. The van der Waals surface area contributed by atoms with Gasteiger partial charge in [0.25, 0.3) is 11.8 Å². The molecule has 1 aliphatic rings. The highest BCUT2D eigenvalue weighted by Crippen LogP contribution is 2.39. The molecule has 1 unspecified atom stereocenters. The maximum absolute atomic E-state index is 14.7. The van der Waals surface area contributed by atoms with Crippen molar-refractivity contribution < 1.29 is 31.5 Å². The van der Waals surface area contributed by atoms with E-state index in [-0.39, 0.29) is 18.2 Å². The summed E-state index contributed by atoms with van der Waals surface area (Å²) in [5, 5.41) is 3.41. The summed E-state index contributed by atoms with van der Waals surface area (Å²) in [5.74, 6) is -5.26. The molecule has 2 aromatic heterocycles. The summed E-state index contributed by atoms with van der Waals surface area (Å²) in [7, 11) is 1.05. The Morgan fingerprint density at radius 1 is 1.24 bits per heavy atom. The van der Waals surface area contributed by atoms with E-state index in [0.717, 1.165) is 23.1 Å². The van der Waals surface area contributed by atoms with Crippen LogP contribution in [-0.2, 0) is 6.18 Å². The van der Waals surface area contributed by atoms with Crippen molar-refractivity contribution in [2.75, 3.05) is 25.5 Å². The van der Waals surface area contributed by atoms with Gasteiger partial charge in [0.05, 0.1) is 29.6 Å². The van der Waals surface area contributed by atoms with Gasteiger partial charge in [0, 0.05) is 19.2 Å². The molecule has 0 saturated carbocycles. The van der Waals surface area contributed by atoms with E-state index in [0.29, 0.717) is 16.1 Å². The molecule has 7 nitrogen and oxygen atoms in total. The van der Waals surface area contributed by atoms with Crippen LogP contribution in [0, 0.1) is 19.8 Å². The summed E-state index contributed by atoms with van der Waals surface area (Å²) in [4.78, 5) is 27.3. The standard InChI is InChI=1S/C25H26F5N5O2S/c1-13-7-5-6-8-16(13)20-19(33-15(3)38-20)22(36)35-12-24(26,27)9-14(2)18(35)11-32-23-31-10-17(25(28,29)30)21(34-23)37-4/h5-8,10,14,18H,9,11-12H2,1-4H3,(H,31,32,34)/t14-,18?/m1/s1. The van der Waals surface area contributed by atoms with Crippen LogP contribution in [0.2, 0.25) is 0 Å². The number of benzene rings is 1. The number of ether oxygens (including phenoxy) is 1. The third kappa shape index (κ3) is 5.71. The van der Waals surface area contributed by atoms with Gasteiger partial charge in [-0.05, 0) is 30.9 Å². The summed E-state index contributed by atoms with van der Waals surface area (Å²) in [6.45, 7) is 4.35. The highest BCUT2D eigenvalue weighted by atomic mass is 32.1. The predicted octanol–water partition coefficient (Wildman–Crippen LogP) is 5.84. The Labute approximate surface area is 220 Å². The quantitative estimate of drug-likeness (QED) is 0.385. The smallest absolute Gasteiger partial charge is 0.423 e. The Morgan fingerprint density at radius 2 is 1.95 bits per heavy atom. The normalized spacial score (nSPS) is 19.3. The summed E-state index contributed by atoms with van der Waals surface area (Å²) in [6.07, 6.45) is -4.58. The largest absolute Gasteiger partial charge is 0.480 e. The van der Waals surface area contributed by atoms with Crippen molar-refractivity contribution >= 4 is 23.2 Å². The zero-order valence-electron chi connectivity index (χ0n) is 21.1. The number of thiazole rings is 1. The van der Waals surface area contributed by atoms with Gasteiger partial charge in [0.15, 0.2) is 0 Å². The van der Waals surface area contributed by atoms with Gasteiger partial charge in [0.1, 0.15) is 11.3 Å². The van der Waals surface area contributed by atoms with Gasteiger partial charge in [-0.3, -0.25) is 4.79 Å². The number of carbonyl (C=O) groups is 1. The third-order valence-electron chi connectivity index (χ3n) is 6.39. The van der Waals surface area contributed by atoms with Gasteiger partial charge in [-0.25, -0.2) is 18.7 Å². The summed E-state index contributed by atoms with van der Waals surface area (Å²) >= 11 is 1.31. The van der Waals surface area contributed by atoms with Crippen molar-refractivity contribution in [3.8, 4) is 16.3 Å². The number of halogens is 5. The van der Waals surface area contributed by atoms with E-state index in [2.05, 4.69) is 20.3 Å². The molecule has 1 fully saturated rings. The van der Waals surface area contributed by atoms with Crippen molar-refractivity contribution in [1.82, 2.24) is 19.9 Å². The number of methoxy groups -OCH3 is 1. The number of rotatable bonds is 6. The zero-order chi connectivity index (χ0) is 27.8. The number of aromatic nitrogens is 3. The average Bonchev–Trinajstić information content (AvgIpc) is 3.22. The van der Waals surface area contributed by atoms with E-state index in [1.165, 1.54) is 11.3 Å². The number of aryl methyl sites for hydroxylation is 2. The first-order chi connectivity index (χ1) is 17.8. The molecule has 1 aromatic carbocycles. The Bertz CT molecular complexity index is 1330. The number of hydrogen-bond donors (Lipinski definition) is 1. The van der Waals surface area contributed by atoms with Gasteiger partial charge >= 0.3 is 6.18 Å². The average molecular weight is 556 g/mol. The molecule has 2 atom stereocenters. The molecule has 1 amide bonds. The SMILES string of the molecule is COc1nc(NCC2[C@H](C)CC(F)(F)CN2C(=O)c2nc(C)sc2-c2ccccc2C)ncc1C(F)(F)F. The number of nitrogens with one attached hydrogen (secondary N) is 1. The maximum Gasteiger partial charge on any atom is 0.423 e. The number of carbonyl (C=O) groups excluding carboxylic acids is 1. The molecular weight excluding hydrogens is 529 g/mol. The Hall–Kier alpha value is -3.35. The number of nitrogens with zero attached hydrogens (tertiary/aromatic N) is 4. The molecule has 1 saturated heterocycles. The second-order valence-corrected chi connectivity index (χ2v) is 10.5. The Kier molecular flexibility index (Phi) is 7.60. The molecule has 0 bridgehead atoms. The minimum Gasteiger partial charge on any atom is -0.480 e. The van der Waals surface area contributed by atoms with Crippen molar-refractivity contribution in [2.45, 2.75) is 45.3 Å². The molecule has 3 heterocycles. The molecule has 0 spiro atoms. The third-order valence-corrected chi connectivity index (χ3v) is 7.39. The second-order valence-electron chi connectivity index (χ2n) is 9.26. The fourth-order valence-corrected chi connectivity index (χ4v) is 5.60. The van der Waals surface area contributed by atoms with Crippen LogP contribution in [0.15, 0.2) is 30.5 Å². The van der Waals surface area contributed by atoms with E-state index in [9.17, 15) is 26.7 Å². The van der Waals surface area contributed by atoms with E-state index in [1.54, 1.807) is 13.8 Å². The van der Waals surface area contributed by atoms with Crippen LogP contribution in [0.5, 0.6) is 5.88 Å². The van der Waals surface area contributed by atoms with Crippen molar-refractivity contribution in [3.05, 3.63) is 52.3 Å². The minimum absolute atomic E-state index is 0.0691. The highest BCUT2D eigenvalue weighted by molar-refractivity contribution is 7.15. The number of likely N-dealkylation sites (tertiary alicyclic amines) is 1. The summed E-state index contributed by atoms with van der Waals surface area (Å²) in [6, 6.07) is 6.70. The van der Waals surface area contributed by atoms with Gasteiger partial charge in [-0.1, -0.05) is 31.2 Å². The van der Waals surface area contributed by atoms with E-state index in [4.69, 9.17) is 4.74 Å². The van der Waals surface area contributed by atoms with Crippen LogP contribution in [0.1, 0.15) is 40.0 Å². The number of anilines is 1. The summed E-state index contributed by atoms with van der Waals surface area (Å²) in [5.41, 5.74) is 0.646. The lowest BCUT2D eigenvalue weighted by molar-refractivity contribution is -0.139. The number of hydrogen-bond acceptors (Lipinski definition) is 7. The number of amides is 1. The van der Waals surface area contributed by atoms with Gasteiger partial charge in [-0.2, -0.15) is 18.2 Å². The number of piperidine rings is 1. The van der Waals surface area contributed by atoms with Gasteiger partial charge < -0.3 is 15.0 Å². The van der Waals surface area contributed by atoms with E-state index < -0.39 is 54.4 Å². The second kappa shape index (κ2) is 10.4. The fourth-order valence-electron chi connectivity index (χ4n) is 4.59. The molecule has 0 radical (unpaired) electrons. The molecule has 204 valence electrons. The lowest BCUT2D eigenvalue weighted by Gasteiger charge is -2.43. The molecule has 4 rings (SSSR count). The van der Waals surface area contributed by atoms with E-state index >= 15 is 0 Å². The number of alkyl halides is 5. The first kappa shape index (κ1) is 27.7. The van der Waals surface area contributed by atoms with Gasteiger partial charge in [0.2, 0.25) is 11.8 Å². The first-order valence-corrected chi connectivity index (χ1v) is 12.6. The molecule has 1 N–H and O–H groups in total. The van der Waals surface area contributed by atoms with Gasteiger partial charge in [-0.15, -0.1) is 11.3 Å². The van der Waals surface area contributed by atoms with Crippen LogP contribution in [0.3, 0.4) is 0 Å². The molecule has 13 heteroatoms. The molecule has 3 aromatic rings. The Morgan fingerprint density at radius 3 is 2.61 bits per heavy atom. The van der Waals surface area contributed by atoms with Crippen LogP contribution in [0.4, 0.5) is 27.9 Å². The first-order valence-electron chi connectivity index (χ1n) is 11.7. The van der Waals surface area contributed by atoms with Crippen LogP contribution in [-0.4, -0.2) is 57.9 Å². The lowest BCUT2D eigenvalue weighted by atomic mass is 9.88. The molecule has 1 aliphatic heterocycles. The predicted molar refractivity (Wildman–Crippen MR) is 133 cm³/mol. The molecule has 38 heavy (non-hydrogen) atoms. The monoisotopic (exact) mass is 555 g/mol.